The molecular formula is C16H24N2OS. The minimum Gasteiger partial charge on any atom is -0.389 e. The van der Waals surface area contributed by atoms with Crippen molar-refractivity contribution in [3.05, 3.63) is 29.8 Å². The van der Waals surface area contributed by atoms with Crippen molar-refractivity contribution >= 4 is 22.9 Å². The van der Waals surface area contributed by atoms with Crippen LogP contribution in [0.2, 0.25) is 0 Å². The molecule has 2 rings (SSSR count). The first-order chi connectivity index (χ1) is 9.12. The second-order valence-electron chi connectivity index (χ2n) is 6.71. The van der Waals surface area contributed by atoms with E-state index >= 15 is 0 Å². The average molecular weight is 292 g/mol. The Morgan fingerprint density at radius 3 is 2.50 bits per heavy atom. The highest BCUT2D eigenvalue weighted by Crippen LogP contribution is 2.41. The van der Waals surface area contributed by atoms with Gasteiger partial charge in [0, 0.05) is 18.3 Å². The maximum Gasteiger partial charge on any atom is 0.104 e. The number of thiocarbonyl (C=S) groups is 1. The third kappa shape index (κ3) is 2.96. The van der Waals surface area contributed by atoms with Crippen molar-refractivity contribution in [3.63, 3.8) is 0 Å². The minimum absolute atomic E-state index is 0.0940. The third-order valence-corrected chi connectivity index (χ3v) is 4.27. The van der Waals surface area contributed by atoms with Crippen LogP contribution in [0.25, 0.3) is 0 Å². The van der Waals surface area contributed by atoms with Gasteiger partial charge in [-0.1, -0.05) is 24.4 Å². The maximum absolute atomic E-state index is 6.18. The van der Waals surface area contributed by atoms with Crippen LogP contribution in [-0.2, 0) is 4.74 Å². The number of nitrogens with two attached hydrogens (primary N) is 1. The molecule has 0 aliphatic carbocycles. The molecule has 1 heterocycles. The van der Waals surface area contributed by atoms with Crippen LogP contribution in [0.4, 0.5) is 5.69 Å². The quantitative estimate of drug-likeness (QED) is 0.869. The van der Waals surface area contributed by atoms with Gasteiger partial charge >= 0.3 is 0 Å². The molecule has 1 aliphatic rings. The van der Waals surface area contributed by atoms with E-state index in [0.29, 0.717) is 11.0 Å². The smallest absolute Gasteiger partial charge is 0.104 e. The van der Waals surface area contributed by atoms with Gasteiger partial charge in [0.1, 0.15) is 4.99 Å². The highest BCUT2D eigenvalue weighted by molar-refractivity contribution is 7.80. The van der Waals surface area contributed by atoms with E-state index < -0.39 is 0 Å². The number of hydrogen-bond acceptors (Lipinski definition) is 3. The molecule has 0 aromatic heterocycles. The first-order valence-electron chi connectivity index (χ1n) is 6.95. The molecule has 0 saturated carbocycles. The first kappa shape index (κ1) is 15.3. The molecule has 1 aromatic carbocycles. The molecule has 4 heteroatoms. The van der Waals surface area contributed by atoms with Crippen LogP contribution in [0, 0.1) is 0 Å². The first-order valence-corrected chi connectivity index (χ1v) is 7.36. The molecule has 0 radical (unpaired) electrons. The molecule has 0 spiro atoms. The van der Waals surface area contributed by atoms with Crippen LogP contribution in [-0.4, -0.2) is 29.3 Å². The van der Waals surface area contributed by atoms with Crippen LogP contribution in [0.5, 0.6) is 0 Å². The van der Waals surface area contributed by atoms with Crippen molar-refractivity contribution in [3.8, 4) is 0 Å². The summed E-state index contributed by atoms with van der Waals surface area (Å²) in [6.07, 6.45) is 0.994. The number of rotatable bonds is 3. The zero-order chi connectivity index (χ0) is 15.1. The van der Waals surface area contributed by atoms with Crippen LogP contribution in [0.3, 0.4) is 0 Å². The standard InChI is InChI=1S/C16H24N2OS/c1-15(2)10-13(16(3,4)19-15)18(5)12-8-6-7-11(9-12)14(17)20/h6-9,13H,10H2,1-5H3,(H2,17,20). The lowest BCUT2D eigenvalue weighted by Gasteiger charge is -2.35. The van der Waals surface area contributed by atoms with Gasteiger partial charge in [-0.25, -0.2) is 0 Å². The number of ether oxygens (including phenoxy) is 1. The largest absolute Gasteiger partial charge is 0.389 e. The van der Waals surface area contributed by atoms with Gasteiger partial charge in [0.2, 0.25) is 0 Å². The molecule has 1 atom stereocenters. The maximum atomic E-state index is 6.18. The second kappa shape index (κ2) is 5.01. The lowest BCUT2D eigenvalue weighted by Crippen LogP contribution is -2.44. The van der Waals surface area contributed by atoms with E-state index in [-0.39, 0.29) is 11.2 Å². The fourth-order valence-corrected chi connectivity index (χ4v) is 3.32. The van der Waals surface area contributed by atoms with Gasteiger partial charge < -0.3 is 15.4 Å². The SMILES string of the molecule is CN(c1cccc(C(N)=S)c1)C1CC(C)(C)OC1(C)C. The Bertz CT molecular complexity index is 525. The summed E-state index contributed by atoms with van der Waals surface area (Å²) < 4.78 is 6.18. The van der Waals surface area contributed by atoms with Gasteiger partial charge in [0.25, 0.3) is 0 Å². The summed E-state index contributed by atoms with van der Waals surface area (Å²) in [5.41, 5.74) is 7.47. The third-order valence-electron chi connectivity index (χ3n) is 4.03. The average Bonchev–Trinajstić information content (AvgIpc) is 2.56. The summed E-state index contributed by atoms with van der Waals surface area (Å²) >= 11 is 5.06. The van der Waals surface area contributed by atoms with Crippen LogP contribution in [0.1, 0.15) is 39.7 Å². The minimum atomic E-state index is -0.183. The number of hydrogen-bond donors (Lipinski definition) is 1. The van der Waals surface area contributed by atoms with E-state index in [0.717, 1.165) is 17.7 Å². The molecule has 20 heavy (non-hydrogen) atoms. The predicted octanol–water partition coefficient (Wildman–Crippen LogP) is 3.10. The molecule has 3 nitrogen and oxygen atoms in total. The van der Waals surface area contributed by atoms with E-state index in [9.17, 15) is 0 Å². The van der Waals surface area contributed by atoms with Crippen LogP contribution >= 0.6 is 12.2 Å². The molecule has 2 N–H and O–H groups in total. The summed E-state index contributed by atoms with van der Waals surface area (Å²) in [4.78, 5) is 2.71. The Morgan fingerprint density at radius 2 is 2.00 bits per heavy atom. The normalized spacial score (nSPS) is 23.6. The molecule has 1 unspecified atom stereocenters. The summed E-state index contributed by atoms with van der Waals surface area (Å²) in [7, 11) is 2.11. The Kier molecular flexibility index (Phi) is 3.82. The van der Waals surface area contributed by atoms with E-state index in [4.69, 9.17) is 22.7 Å². The molecular weight excluding hydrogens is 268 g/mol. The molecule has 0 bridgehead atoms. The molecule has 110 valence electrons. The molecule has 1 aromatic rings. The van der Waals surface area contributed by atoms with Crippen molar-refractivity contribution in [2.75, 3.05) is 11.9 Å². The number of likely N-dealkylation sites (N-methyl/N-ethyl adjacent to an activating group) is 1. The molecule has 1 aliphatic heterocycles. The summed E-state index contributed by atoms with van der Waals surface area (Å²) in [5, 5.41) is 0. The van der Waals surface area contributed by atoms with Crippen molar-refractivity contribution in [2.24, 2.45) is 5.73 Å². The highest BCUT2D eigenvalue weighted by atomic mass is 32.1. The summed E-state index contributed by atoms with van der Waals surface area (Å²) in [6.45, 7) is 8.60. The Morgan fingerprint density at radius 1 is 1.35 bits per heavy atom. The van der Waals surface area contributed by atoms with Crippen LogP contribution in [0.15, 0.2) is 24.3 Å². The van der Waals surface area contributed by atoms with Gasteiger partial charge in [-0.3, -0.25) is 0 Å². The van der Waals surface area contributed by atoms with E-state index in [1.807, 2.05) is 18.2 Å². The molecule has 1 fully saturated rings. The number of anilines is 1. The zero-order valence-electron chi connectivity index (χ0n) is 12.9. The predicted molar refractivity (Wildman–Crippen MR) is 88.4 cm³/mol. The lowest BCUT2D eigenvalue weighted by atomic mass is 9.93. The molecule has 0 amide bonds. The van der Waals surface area contributed by atoms with E-state index in [2.05, 4.69) is 45.7 Å². The van der Waals surface area contributed by atoms with E-state index in [1.54, 1.807) is 0 Å². The Labute approximate surface area is 127 Å². The Balaban J connectivity index is 2.29. The van der Waals surface area contributed by atoms with Gasteiger partial charge in [-0.15, -0.1) is 0 Å². The summed E-state index contributed by atoms with van der Waals surface area (Å²) in [6, 6.07) is 8.39. The van der Waals surface area contributed by atoms with Crippen LogP contribution < -0.4 is 10.6 Å². The second-order valence-corrected chi connectivity index (χ2v) is 7.15. The van der Waals surface area contributed by atoms with Gasteiger partial charge in [-0.2, -0.15) is 0 Å². The topological polar surface area (TPSA) is 38.5 Å². The number of nitrogens with zero attached hydrogens (tertiary/aromatic N) is 1. The van der Waals surface area contributed by atoms with Gasteiger partial charge in [-0.05, 0) is 46.2 Å². The number of benzene rings is 1. The van der Waals surface area contributed by atoms with Gasteiger partial charge in [0.15, 0.2) is 0 Å². The zero-order valence-corrected chi connectivity index (χ0v) is 13.8. The lowest BCUT2D eigenvalue weighted by molar-refractivity contribution is -0.0676. The highest BCUT2D eigenvalue weighted by Gasteiger charge is 2.47. The van der Waals surface area contributed by atoms with Crippen molar-refractivity contribution in [1.82, 2.24) is 0 Å². The van der Waals surface area contributed by atoms with Crippen molar-refractivity contribution in [1.29, 1.82) is 0 Å². The fraction of sp³-hybridized carbons (Fsp3) is 0.562. The van der Waals surface area contributed by atoms with E-state index in [1.165, 1.54) is 0 Å². The van der Waals surface area contributed by atoms with Gasteiger partial charge in [0.05, 0.1) is 17.2 Å². The summed E-state index contributed by atoms with van der Waals surface area (Å²) in [5.74, 6) is 0. The fourth-order valence-electron chi connectivity index (χ4n) is 3.20. The van der Waals surface area contributed by atoms with Crippen molar-refractivity contribution in [2.45, 2.75) is 51.4 Å². The Hall–Kier alpha value is -1.13. The molecule has 1 saturated heterocycles. The van der Waals surface area contributed by atoms with Crippen molar-refractivity contribution < 1.29 is 4.74 Å². The monoisotopic (exact) mass is 292 g/mol.